The lowest BCUT2D eigenvalue weighted by atomic mass is 10.0. The summed E-state index contributed by atoms with van der Waals surface area (Å²) in [5.74, 6) is 0. The van der Waals surface area contributed by atoms with E-state index in [9.17, 15) is 0 Å². The summed E-state index contributed by atoms with van der Waals surface area (Å²) in [6, 6.07) is 0. The molecule has 0 aliphatic rings. The maximum Gasteiger partial charge on any atom is 0.184 e. The van der Waals surface area contributed by atoms with Crippen LogP contribution < -0.4 is 0 Å². The Morgan fingerprint density at radius 3 is 1.03 bits per heavy atom. The SMILES string of the molecule is CCCCCCCCCCCCCCCCCCCCCCCC(CO[Si](C)(C)C)O[Si](C)(C)C. The summed E-state index contributed by atoms with van der Waals surface area (Å²) >= 11 is 0. The first-order valence-corrected chi connectivity index (χ1v) is 22.8. The second-order valence-corrected chi connectivity index (χ2v) is 22.1. The molecule has 35 heavy (non-hydrogen) atoms. The van der Waals surface area contributed by atoms with E-state index < -0.39 is 16.6 Å². The summed E-state index contributed by atoms with van der Waals surface area (Å²) in [4.78, 5) is 0. The lowest BCUT2D eigenvalue weighted by Crippen LogP contribution is -2.38. The first-order valence-electron chi connectivity index (χ1n) is 16.0. The summed E-state index contributed by atoms with van der Waals surface area (Å²) in [5.41, 5.74) is 0. The molecule has 0 aromatic rings. The Morgan fingerprint density at radius 1 is 0.429 bits per heavy atom. The van der Waals surface area contributed by atoms with Crippen LogP contribution in [0, 0.1) is 0 Å². The van der Waals surface area contributed by atoms with Gasteiger partial charge >= 0.3 is 0 Å². The standard InChI is InChI=1S/C31H68O2Si2/c1-8-9-10-11-12-13-14-15-16-17-18-19-20-21-22-23-24-25-26-27-28-29-31(33-35(5,6)7)30-32-34(2,3)4/h31H,8-30H2,1-7H3. The van der Waals surface area contributed by atoms with Gasteiger partial charge in [-0.1, -0.05) is 142 Å². The zero-order valence-electron chi connectivity index (χ0n) is 25.7. The van der Waals surface area contributed by atoms with Crippen molar-refractivity contribution in [2.75, 3.05) is 6.61 Å². The van der Waals surface area contributed by atoms with Crippen LogP contribution in [0.2, 0.25) is 39.3 Å². The molecule has 212 valence electrons. The van der Waals surface area contributed by atoms with Gasteiger partial charge in [-0.2, -0.15) is 0 Å². The third-order valence-electron chi connectivity index (χ3n) is 6.85. The van der Waals surface area contributed by atoms with E-state index in [1.54, 1.807) is 0 Å². The second kappa shape index (κ2) is 23.5. The van der Waals surface area contributed by atoms with Crippen LogP contribution in [-0.4, -0.2) is 29.3 Å². The Balaban J connectivity index is 3.42. The van der Waals surface area contributed by atoms with Crippen molar-refractivity contribution in [2.24, 2.45) is 0 Å². The van der Waals surface area contributed by atoms with Gasteiger partial charge in [-0.25, -0.2) is 0 Å². The number of rotatable bonds is 27. The molecule has 0 rings (SSSR count). The fourth-order valence-corrected chi connectivity index (χ4v) is 6.69. The van der Waals surface area contributed by atoms with Crippen molar-refractivity contribution in [3.63, 3.8) is 0 Å². The molecular formula is C31H68O2Si2. The van der Waals surface area contributed by atoms with Crippen molar-refractivity contribution in [2.45, 2.75) is 194 Å². The van der Waals surface area contributed by atoms with E-state index in [2.05, 4.69) is 46.2 Å². The van der Waals surface area contributed by atoms with Crippen molar-refractivity contribution in [1.82, 2.24) is 0 Å². The van der Waals surface area contributed by atoms with Crippen LogP contribution in [0.25, 0.3) is 0 Å². The van der Waals surface area contributed by atoms with Crippen molar-refractivity contribution >= 4 is 16.6 Å². The van der Waals surface area contributed by atoms with Gasteiger partial charge in [0.15, 0.2) is 16.6 Å². The molecule has 0 aromatic carbocycles. The average molecular weight is 529 g/mol. The zero-order chi connectivity index (χ0) is 26.3. The predicted octanol–water partition coefficient (Wildman–Crippen LogP) is 11.7. The molecule has 0 amide bonds. The Hall–Kier alpha value is 0.354. The first kappa shape index (κ1) is 35.4. The number of hydrogen-bond acceptors (Lipinski definition) is 2. The highest BCUT2D eigenvalue weighted by atomic mass is 28.4. The number of hydrogen-bond donors (Lipinski definition) is 0. The van der Waals surface area contributed by atoms with Crippen LogP contribution in [0.15, 0.2) is 0 Å². The number of unbranched alkanes of at least 4 members (excludes halogenated alkanes) is 20. The van der Waals surface area contributed by atoms with Gasteiger partial charge < -0.3 is 8.85 Å². The van der Waals surface area contributed by atoms with Crippen molar-refractivity contribution in [3.8, 4) is 0 Å². The van der Waals surface area contributed by atoms with Gasteiger partial charge in [0.25, 0.3) is 0 Å². The highest BCUT2D eigenvalue weighted by molar-refractivity contribution is 6.70. The minimum atomic E-state index is -1.50. The van der Waals surface area contributed by atoms with Gasteiger partial charge in [0.05, 0.1) is 12.7 Å². The van der Waals surface area contributed by atoms with E-state index in [0.717, 1.165) is 6.61 Å². The van der Waals surface area contributed by atoms with E-state index in [0.29, 0.717) is 6.10 Å². The molecular weight excluding hydrogens is 461 g/mol. The monoisotopic (exact) mass is 528 g/mol. The second-order valence-electron chi connectivity index (χ2n) is 13.1. The van der Waals surface area contributed by atoms with Gasteiger partial charge in [-0.3, -0.25) is 0 Å². The highest BCUT2D eigenvalue weighted by Gasteiger charge is 2.23. The molecule has 0 spiro atoms. The molecule has 0 aliphatic carbocycles. The van der Waals surface area contributed by atoms with Gasteiger partial charge in [0.1, 0.15) is 0 Å². The summed E-state index contributed by atoms with van der Waals surface area (Å²) in [6.45, 7) is 16.8. The van der Waals surface area contributed by atoms with Crippen LogP contribution in [0.3, 0.4) is 0 Å². The van der Waals surface area contributed by atoms with Crippen molar-refractivity contribution in [3.05, 3.63) is 0 Å². The van der Waals surface area contributed by atoms with Crippen LogP contribution in [0.1, 0.15) is 148 Å². The third-order valence-corrected chi connectivity index (χ3v) is 8.93. The minimum Gasteiger partial charge on any atom is -0.415 e. The van der Waals surface area contributed by atoms with Crippen LogP contribution in [-0.2, 0) is 8.85 Å². The molecule has 2 nitrogen and oxygen atoms in total. The molecule has 0 radical (unpaired) electrons. The van der Waals surface area contributed by atoms with Crippen LogP contribution in [0.4, 0.5) is 0 Å². The summed E-state index contributed by atoms with van der Waals surface area (Å²) in [5, 5.41) is 0. The molecule has 1 atom stereocenters. The van der Waals surface area contributed by atoms with Gasteiger partial charge in [0, 0.05) is 0 Å². The topological polar surface area (TPSA) is 18.5 Å². The normalized spacial score (nSPS) is 13.5. The molecule has 0 bridgehead atoms. The highest BCUT2D eigenvalue weighted by Crippen LogP contribution is 2.18. The lowest BCUT2D eigenvalue weighted by molar-refractivity contribution is 0.109. The van der Waals surface area contributed by atoms with Crippen molar-refractivity contribution < 1.29 is 8.85 Å². The molecule has 0 heterocycles. The Kier molecular flexibility index (Phi) is 23.7. The molecule has 0 aliphatic heterocycles. The fraction of sp³-hybridized carbons (Fsp3) is 1.00. The van der Waals surface area contributed by atoms with Gasteiger partial charge in [-0.15, -0.1) is 0 Å². The van der Waals surface area contributed by atoms with E-state index >= 15 is 0 Å². The predicted molar refractivity (Wildman–Crippen MR) is 165 cm³/mol. The third kappa shape index (κ3) is 30.5. The first-order chi connectivity index (χ1) is 16.6. The molecule has 0 saturated carbocycles. The molecule has 0 saturated heterocycles. The van der Waals surface area contributed by atoms with Crippen molar-refractivity contribution in [1.29, 1.82) is 0 Å². The van der Waals surface area contributed by atoms with E-state index in [-0.39, 0.29) is 0 Å². The van der Waals surface area contributed by atoms with Crippen LogP contribution in [0.5, 0.6) is 0 Å². The Bertz CT molecular complexity index is 429. The molecule has 0 N–H and O–H groups in total. The smallest absolute Gasteiger partial charge is 0.184 e. The van der Waals surface area contributed by atoms with E-state index in [4.69, 9.17) is 8.85 Å². The van der Waals surface area contributed by atoms with Gasteiger partial charge in [-0.05, 0) is 45.7 Å². The Labute approximate surface area is 225 Å². The summed E-state index contributed by atoms with van der Waals surface area (Å²) in [6.07, 6.45) is 31.8. The summed E-state index contributed by atoms with van der Waals surface area (Å²) < 4.78 is 12.6. The Morgan fingerprint density at radius 2 is 0.743 bits per heavy atom. The van der Waals surface area contributed by atoms with Crippen LogP contribution >= 0.6 is 0 Å². The maximum atomic E-state index is 6.41. The molecule has 1 unspecified atom stereocenters. The maximum absolute atomic E-state index is 6.41. The quantitative estimate of drug-likeness (QED) is 0.0779. The molecule has 0 aromatic heterocycles. The molecule has 0 fully saturated rings. The largest absolute Gasteiger partial charge is 0.415 e. The average Bonchev–Trinajstić information content (AvgIpc) is 2.77. The van der Waals surface area contributed by atoms with E-state index in [1.807, 2.05) is 0 Å². The fourth-order valence-electron chi connectivity index (χ4n) is 4.82. The zero-order valence-corrected chi connectivity index (χ0v) is 27.7. The minimum absolute atomic E-state index is 0.314. The van der Waals surface area contributed by atoms with Gasteiger partial charge in [0.2, 0.25) is 0 Å². The lowest BCUT2D eigenvalue weighted by Gasteiger charge is -2.29. The molecule has 4 heteroatoms. The van der Waals surface area contributed by atoms with E-state index in [1.165, 1.54) is 141 Å². The summed E-state index contributed by atoms with van der Waals surface area (Å²) in [7, 11) is -2.96.